The number of nitrogens with one attached hydrogen (secondary N) is 1. The highest BCUT2D eigenvalue weighted by Crippen LogP contribution is 2.24. The first-order valence-corrected chi connectivity index (χ1v) is 5.84. The summed E-state index contributed by atoms with van der Waals surface area (Å²) in [6, 6.07) is 7.48. The van der Waals surface area contributed by atoms with E-state index in [1.54, 1.807) is 20.0 Å². The summed E-state index contributed by atoms with van der Waals surface area (Å²) in [7, 11) is 0. The molecule has 0 bridgehead atoms. The van der Waals surface area contributed by atoms with Crippen molar-refractivity contribution in [2.45, 2.75) is 19.4 Å². The van der Waals surface area contributed by atoms with E-state index in [0.717, 1.165) is 16.6 Å². The van der Waals surface area contributed by atoms with Crippen molar-refractivity contribution in [3.05, 3.63) is 35.5 Å². The molecule has 0 saturated carbocycles. The third-order valence-electron chi connectivity index (χ3n) is 2.42. The van der Waals surface area contributed by atoms with Crippen molar-refractivity contribution in [1.82, 2.24) is 4.98 Å². The molecule has 2 N–H and O–H groups in total. The summed E-state index contributed by atoms with van der Waals surface area (Å²) in [6.45, 7) is 4.01. The SMILES string of the molecule is CC(C)(O)CNc1ccnc2cc(Cl)ccc12. The zero-order chi connectivity index (χ0) is 12.5. The van der Waals surface area contributed by atoms with Crippen LogP contribution in [0.1, 0.15) is 13.8 Å². The Balaban J connectivity index is 2.34. The highest BCUT2D eigenvalue weighted by Gasteiger charge is 2.12. The first-order valence-electron chi connectivity index (χ1n) is 5.46. The second kappa shape index (κ2) is 4.51. The molecule has 0 aliphatic carbocycles. The van der Waals surface area contributed by atoms with E-state index in [4.69, 9.17) is 11.6 Å². The normalized spacial score (nSPS) is 11.8. The highest BCUT2D eigenvalue weighted by molar-refractivity contribution is 6.31. The molecular formula is C13H15ClN2O. The lowest BCUT2D eigenvalue weighted by molar-refractivity contribution is 0.0945. The van der Waals surface area contributed by atoms with Crippen LogP contribution in [-0.4, -0.2) is 22.2 Å². The lowest BCUT2D eigenvalue weighted by atomic mass is 10.1. The molecule has 0 fully saturated rings. The van der Waals surface area contributed by atoms with Crippen molar-refractivity contribution in [2.75, 3.05) is 11.9 Å². The molecule has 0 spiro atoms. The molecule has 0 unspecified atom stereocenters. The third-order valence-corrected chi connectivity index (χ3v) is 2.65. The Bertz CT molecular complexity index is 534. The zero-order valence-corrected chi connectivity index (χ0v) is 10.6. The second-order valence-corrected chi connectivity index (χ2v) is 5.12. The average molecular weight is 251 g/mol. The van der Waals surface area contributed by atoms with Gasteiger partial charge in [0.25, 0.3) is 0 Å². The first-order chi connectivity index (χ1) is 7.96. The third kappa shape index (κ3) is 3.08. The Morgan fingerprint density at radius 2 is 2.12 bits per heavy atom. The van der Waals surface area contributed by atoms with Crippen LogP contribution in [0.3, 0.4) is 0 Å². The summed E-state index contributed by atoms with van der Waals surface area (Å²) in [6.07, 6.45) is 1.73. The van der Waals surface area contributed by atoms with Crippen molar-refractivity contribution >= 4 is 28.2 Å². The Labute approximate surface area is 105 Å². The smallest absolute Gasteiger partial charge is 0.0763 e. The van der Waals surface area contributed by atoms with Crippen LogP contribution in [-0.2, 0) is 0 Å². The predicted octanol–water partition coefficient (Wildman–Crippen LogP) is 3.07. The van der Waals surface area contributed by atoms with Gasteiger partial charge in [-0.1, -0.05) is 11.6 Å². The average Bonchev–Trinajstić information content (AvgIpc) is 2.24. The summed E-state index contributed by atoms with van der Waals surface area (Å²) >= 11 is 5.92. The molecule has 17 heavy (non-hydrogen) atoms. The molecule has 0 radical (unpaired) electrons. The van der Waals surface area contributed by atoms with Gasteiger partial charge in [0.2, 0.25) is 0 Å². The maximum atomic E-state index is 9.70. The molecule has 1 aromatic carbocycles. The molecule has 0 aliphatic rings. The number of hydrogen-bond donors (Lipinski definition) is 2. The van der Waals surface area contributed by atoms with Crippen LogP contribution >= 0.6 is 11.6 Å². The van der Waals surface area contributed by atoms with Gasteiger partial charge in [0.15, 0.2) is 0 Å². The molecular weight excluding hydrogens is 236 g/mol. The molecule has 1 aromatic heterocycles. The maximum Gasteiger partial charge on any atom is 0.0763 e. The fraction of sp³-hybridized carbons (Fsp3) is 0.308. The van der Waals surface area contributed by atoms with E-state index >= 15 is 0 Å². The molecule has 0 amide bonds. The van der Waals surface area contributed by atoms with Crippen LogP contribution in [0.25, 0.3) is 10.9 Å². The number of anilines is 1. The Morgan fingerprint density at radius 1 is 1.35 bits per heavy atom. The quantitative estimate of drug-likeness (QED) is 0.880. The Kier molecular flexibility index (Phi) is 3.22. The Morgan fingerprint density at radius 3 is 2.82 bits per heavy atom. The van der Waals surface area contributed by atoms with Gasteiger partial charge in [0.05, 0.1) is 11.1 Å². The zero-order valence-electron chi connectivity index (χ0n) is 9.87. The van der Waals surface area contributed by atoms with E-state index in [2.05, 4.69) is 10.3 Å². The number of halogens is 1. The molecule has 2 aromatic rings. The van der Waals surface area contributed by atoms with Crippen LogP contribution in [0.4, 0.5) is 5.69 Å². The van der Waals surface area contributed by atoms with Crippen molar-refractivity contribution in [2.24, 2.45) is 0 Å². The van der Waals surface area contributed by atoms with Gasteiger partial charge in [-0.15, -0.1) is 0 Å². The molecule has 0 aliphatic heterocycles. The van der Waals surface area contributed by atoms with E-state index in [-0.39, 0.29) is 0 Å². The van der Waals surface area contributed by atoms with E-state index in [0.29, 0.717) is 11.6 Å². The molecule has 4 heteroatoms. The molecule has 0 saturated heterocycles. The fourth-order valence-corrected chi connectivity index (χ4v) is 1.75. The lowest BCUT2D eigenvalue weighted by Crippen LogP contribution is -2.29. The van der Waals surface area contributed by atoms with Crippen LogP contribution in [0, 0.1) is 0 Å². The summed E-state index contributed by atoms with van der Waals surface area (Å²) in [5.74, 6) is 0. The van der Waals surface area contributed by atoms with Gasteiger partial charge < -0.3 is 10.4 Å². The van der Waals surface area contributed by atoms with Crippen molar-refractivity contribution in [1.29, 1.82) is 0 Å². The first kappa shape index (κ1) is 12.1. The summed E-state index contributed by atoms with van der Waals surface area (Å²) in [4.78, 5) is 4.26. The van der Waals surface area contributed by atoms with E-state index in [9.17, 15) is 5.11 Å². The molecule has 90 valence electrons. The van der Waals surface area contributed by atoms with Gasteiger partial charge in [0, 0.05) is 28.8 Å². The Hall–Kier alpha value is -1.32. The largest absolute Gasteiger partial charge is 0.389 e. The number of aromatic nitrogens is 1. The van der Waals surface area contributed by atoms with E-state index < -0.39 is 5.60 Å². The number of nitrogens with zero attached hydrogens (tertiary/aromatic N) is 1. The highest BCUT2D eigenvalue weighted by atomic mass is 35.5. The molecule has 3 nitrogen and oxygen atoms in total. The summed E-state index contributed by atoms with van der Waals surface area (Å²) < 4.78 is 0. The van der Waals surface area contributed by atoms with E-state index in [1.807, 2.05) is 24.3 Å². The lowest BCUT2D eigenvalue weighted by Gasteiger charge is -2.19. The van der Waals surface area contributed by atoms with Crippen molar-refractivity contribution in [3.63, 3.8) is 0 Å². The summed E-state index contributed by atoms with van der Waals surface area (Å²) in [5.41, 5.74) is 1.05. The number of benzene rings is 1. The number of rotatable bonds is 3. The second-order valence-electron chi connectivity index (χ2n) is 4.69. The standard InChI is InChI=1S/C13H15ClN2O/c1-13(2,17)8-16-11-5-6-15-12-7-9(14)3-4-10(11)12/h3-7,17H,8H2,1-2H3,(H,15,16). The van der Waals surface area contributed by atoms with Crippen LogP contribution in [0.2, 0.25) is 5.02 Å². The van der Waals surface area contributed by atoms with Gasteiger partial charge in [-0.2, -0.15) is 0 Å². The number of fused-ring (bicyclic) bond motifs is 1. The minimum absolute atomic E-state index is 0.481. The molecule has 2 rings (SSSR count). The monoisotopic (exact) mass is 250 g/mol. The van der Waals surface area contributed by atoms with Crippen molar-refractivity contribution < 1.29 is 5.11 Å². The number of pyridine rings is 1. The van der Waals surface area contributed by atoms with Crippen molar-refractivity contribution in [3.8, 4) is 0 Å². The van der Waals surface area contributed by atoms with Crippen LogP contribution in [0.5, 0.6) is 0 Å². The minimum Gasteiger partial charge on any atom is -0.389 e. The van der Waals surface area contributed by atoms with Gasteiger partial charge in [0.1, 0.15) is 0 Å². The van der Waals surface area contributed by atoms with Gasteiger partial charge in [-0.05, 0) is 38.1 Å². The topological polar surface area (TPSA) is 45.1 Å². The predicted molar refractivity (Wildman–Crippen MR) is 71.5 cm³/mol. The fourth-order valence-electron chi connectivity index (χ4n) is 1.59. The molecule has 1 heterocycles. The molecule has 0 atom stereocenters. The van der Waals surface area contributed by atoms with Gasteiger partial charge >= 0.3 is 0 Å². The number of aliphatic hydroxyl groups is 1. The van der Waals surface area contributed by atoms with Crippen LogP contribution in [0.15, 0.2) is 30.5 Å². The summed E-state index contributed by atoms with van der Waals surface area (Å²) in [5, 5.41) is 14.6. The maximum absolute atomic E-state index is 9.70. The van der Waals surface area contributed by atoms with Crippen LogP contribution < -0.4 is 5.32 Å². The van der Waals surface area contributed by atoms with E-state index in [1.165, 1.54) is 0 Å². The number of hydrogen-bond acceptors (Lipinski definition) is 3. The minimum atomic E-state index is -0.748. The van der Waals surface area contributed by atoms with Gasteiger partial charge in [-0.25, -0.2) is 0 Å². The van der Waals surface area contributed by atoms with Gasteiger partial charge in [-0.3, -0.25) is 4.98 Å².